The molecule has 3 N–H and O–H groups in total. The number of ether oxygens (including phenoxy) is 2. The van der Waals surface area contributed by atoms with Crippen LogP contribution in [0.2, 0.25) is 0 Å². The number of carbonyl (C=O) groups excluding carboxylic acids is 2. The quantitative estimate of drug-likeness (QED) is 0.322. The van der Waals surface area contributed by atoms with Crippen molar-refractivity contribution in [3.63, 3.8) is 0 Å². The van der Waals surface area contributed by atoms with E-state index >= 15 is 0 Å². The molecule has 11 nitrogen and oxygen atoms in total. The van der Waals surface area contributed by atoms with Gasteiger partial charge in [-0.3, -0.25) is 9.78 Å². The van der Waals surface area contributed by atoms with Crippen LogP contribution < -0.4 is 11.3 Å². The molecule has 0 aliphatic heterocycles. The molecule has 0 atom stereocenters. The molecule has 0 saturated carbocycles. The molecule has 0 saturated heterocycles. The van der Waals surface area contributed by atoms with E-state index in [0.29, 0.717) is 11.4 Å². The third-order valence-corrected chi connectivity index (χ3v) is 3.72. The number of hydrogen-bond donors (Lipinski definition) is 2. The van der Waals surface area contributed by atoms with E-state index in [1.165, 1.54) is 18.3 Å². The average molecular weight is 595 g/mol. The van der Waals surface area contributed by atoms with E-state index in [4.69, 9.17) is 10.5 Å². The number of carbonyl (C=O) groups is 2. The van der Waals surface area contributed by atoms with Crippen molar-refractivity contribution < 1.29 is 40.1 Å². The number of esters is 1. The first-order valence-corrected chi connectivity index (χ1v) is 8.99. The summed E-state index contributed by atoms with van der Waals surface area (Å²) < 4.78 is 9.42. The van der Waals surface area contributed by atoms with Gasteiger partial charge in [-0.2, -0.15) is 4.98 Å². The van der Waals surface area contributed by atoms with Crippen molar-refractivity contribution in [2.24, 2.45) is 5.92 Å². The van der Waals surface area contributed by atoms with Crippen LogP contribution in [0.25, 0.3) is 16.5 Å². The molecule has 0 spiro atoms. The van der Waals surface area contributed by atoms with Crippen molar-refractivity contribution in [1.29, 1.82) is 0 Å². The van der Waals surface area contributed by atoms with E-state index in [9.17, 15) is 14.4 Å². The number of rotatable bonds is 6. The Bertz CT molecular complexity index is 1130. The molecule has 0 bridgehead atoms. The second-order valence-electron chi connectivity index (χ2n) is 6.69. The Balaban J connectivity index is 0.00000341. The van der Waals surface area contributed by atoms with Crippen LogP contribution in [0.3, 0.4) is 0 Å². The van der Waals surface area contributed by atoms with Gasteiger partial charge in [-0.1, -0.05) is 32.5 Å². The predicted octanol–water partition coefficient (Wildman–Crippen LogP) is 2.45. The maximum atomic E-state index is 12.0. The third kappa shape index (κ3) is 6.58. The van der Waals surface area contributed by atoms with Gasteiger partial charge < -0.3 is 20.5 Å². The van der Waals surface area contributed by atoms with Crippen molar-refractivity contribution in [2.75, 3.05) is 12.3 Å². The molecule has 162 valence electrons. The van der Waals surface area contributed by atoms with E-state index < -0.39 is 17.7 Å². The van der Waals surface area contributed by atoms with Crippen molar-refractivity contribution in [3.05, 3.63) is 57.4 Å². The molecule has 2 aromatic heterocycles. The van der Waals surface area contributed by atoms with Crippen LogP contribution in [0.5, 0.6) is 0 Å². The fourth-order valence-electron chi connectivity index (χ4n) is 2.32. The zero-order valence-electron chi connectivity index (χ0n) is 16.7. The van der Waals surface area contributed by atoms with Crippen molar-refractivity contribution in [3.8, 4) is 0 Å². The van der Waals surface area contributed by atoms with E-state index in [-0.39, 0.29) is 62.8 Å². The molecular formula is C19H19N6O5W-. The first-order chi connectivity index (χ1) is 14.3. The largest absolute Gasteiger partial charge is 0.679 e. The average Bonchev–Trinajstić information content (AvgIpc) is 2.71. The summed E-state index contributed by atoms with van der Waals surface area (Å²) in [5.74, 6) is -0.721. The number of aromatic amines is 1. The van der Waals surface area contributed by atoms with E-state index in [2.05, 4.69) is 30.0 Å². The van der Waals surface area contributed by atoms with Crippen LogP contribution in [0, 0.1) is 5.92 Å². The number of fused-ring (bicyclic) bond motifs is 1. The minimum Gasteiger partial charge on any atom is -0.679 e. The molecule has 0 aliphatic carbocycles. The number of nitrogen functional groups attached to an aromatic ring is 1. The summed E-state index contributed by atoms with van der Waals surface area (Å²) in [5.41, 5.74) is 6.39. The van der Waals surface area contributed by atoms with Gasteiger partial charge in [-0.05, 0) is 18.1 Å². The molecule has 3 aromatic rings. The zero-order valence-corrected chi connectivity index (χ0v) is 19.6. The summed E-state index contributed by atoms with van der Waals surface area (Å²) in [6, 6.07) is 6.11. The van der Waals surface area contributed by atoms with Crippen LogP contribution in [-0.2, 0) is 37.1 Å². The topological polar surface area (TPSA) is 164 Å². The monoisotopic (exact) mass is 595 g/mol. The Morgan fingerprint density at radius 2 is 1.90 bits per heavy atom. The minimum absolute atomic E-state index is 0. The fraction of sp³-hybridized carbons (Fsp3) is 0.263. The smallest absolute Gasteiger partial charge is 0.516 e. The summed E-state index contributed by atoms with van der Waals surface area (Å²) in [7, 11) is 0. The molecule has 0 radical (unpaired) electrons. The van der Waals surface area contributed by atoms with Crippen molar-refractivity contribution in [1.82, 2.24) is 19.9 Å². The van der Waals surface area contributed by atoms with Crippen molar-refractivity contribution in [2.45, 2.75) is 20.4 Å². The van der Waals surface area contributed by atoms with Crippen LogP contribution >= 0.6 is 0 Å². The van der Waals surface area contributed by atoms with Gasteiger partial charge in [0.05, 0.1) is 12.2 Å². The first-order valence-electron chi connectivity index (χ1n) is 8.99. The third-order valence-electron chi connectivity index (χ3n) is 3.72. The minimum atomic E-state index is -1.04. The second kappa shape index (κ2) is 10.6. The molecule has 0 amide bonds. The summed E-state index contributed by atoms with van der Waals surface area (Å²) in [6.45, 7) is 4.05. The Kier molecular flexibility index (Phi) is 8.21. The van der Waals surface area contributed by atoms with Crippen LogP contribution in [0.1, 0.15) is 29.9 Å². The normalized spacial score (nSPS) is 10.4. The van der Waals surface area contributed by atoms with Gasteiger partial charge in [0.2, 0.25) is 5.95 Å². The number of benzene rings is 1. The number of anilines is 1. The van der Waals surface area contributed by atoms with Gasteiger partial charge >= 0.3 is 12.1 Å². The Morgan fingerprint density at radius 3 is 2.58 bits per heavy atom. The standard InChI is InChI=1S/C19H20N6O5.W/c1-10(2)9-29-19(28)30-17(27)11-3-5-12(6-4-11)21-7-13-8-22-15-14(23-13)16(26)25-18(20)24-15;/h3-6,8,10H,7,9H2,1-2H3,(H4,20,21,22,24,25,26,27);/p-1. The van der Waals surface area contributed by atoms with Gasteiger partial charge in [0, 0.05) is 33.0 Å². The van der Waals surface area contributed by atoms with E-state index in [1.54, 1.807) is 12.1 Å². The van der Waals surface area contributed by atoms with Crippen LogP contribution in [0.15, 0.2) is 35.3 Å². The second-order valence-corrected chi connectivity index (χ2v) is 6.69. The number of hydrogen-bond acceptors (Lipinski definition) is 9. The predicted molar refractivity (Wildman–Crippen MR) is 107 cm³/mol. The Morgan fingerprint density at radius 1 is 1.19 bits per heavy atom. The molecule has 3 rings (SSSR count). The van der Waals surface area contributed by atoms with Crippen LogP contribution in [0.4, 0.5) is 16.4 Å². The van der Waals surface area contributed by atoms with Gasteiger partial charge in [0.1, 0.15) is 0 Å². The van der Waals surface area contributed by atoms with Gasteiger partial charge in [0.25, 0.3) is 5.56 Å². The molecular weight excluding hydrogens is 576 g/mol. The Labute approximate surface area is 191 Å². The molecule has 31 heavy (non-hydrogen) atoms. The SMILES string of the molecule is CC(C)COC(=O)OC(=O)c1ccc([N-]Cc2cnc3nc(N)[nH]c(=O)c3n2)cc1.[W]. The first kappa shape index (κ1) is 23.9. The molecule has 0 fully saturated rings. The summed E-state index contributed by atoms with van der Waals surface area (Å²) in [4.78, 5) is 49.8. The molecule has 0 aliphatic rings. The van der Waals surface area contributed by atoms with Gasteiger partial charge in [-0.15, -0.1) is 5.69 Å². The van der Waals surface area contributed by atoms with E-state index in [0.717, 1.165) is 0 Å². The summed E-state index contributed by atoms with van der Waals surface area (Å²) in [6.07, 6.45) is 0.412. The van der Waals surface area contributed by atoms with Gasteiger partial charge in [0.15, 0.2) is 11.2 Å². The molecule has 1 aromatic carbocycles. The zero-order chi connectivity index (χ0) is 21.7. The molecule has 2 heterocycles. The Hall–Kier alpha value is -3.33. The molecule has 12 heteroatoms. The summed E-state index contributed by atoms with van der Waals surface area (Å²) >= 11 is 0. The maximum absolute atomic E-state index is 12.0. The van der Waals surface area contributed by atoms with Gasteiger partial charge in [-0.25, -0.2) is 19.6 Å². The number of aromatic nitrogens is 4. The maximum Gasteiger partial charge on any atom is 0.516 e. The number of nitrogens with zero attached hydrogens (tertiary/aromatic N) is 4. The fourth-order valence-corrected chi connectivity index (χ4v) is 2.32. The van der Waals surface area contributed by atoms with E-state index in [1.807, 2.05) is 13.8 Å². The summed E-state index contributed by atoms with van der Waals surface area (Å²) in [5, 5.41) is 4.34. The van der Waals surface area contributed by atoms with Crippen LogP contribution in [-0.4, -0.2) is 38.7 Å². The molecule has 0 unspecified atom stereocenters. The number of H-pyrrole nitrogens is 1. The number of nitrogens with two attached hydrogens (primary N) is 1. The van der Waals surface area contributed by atoms with Crippen molar-refractivity contribution >= 4 is 34.9 Å². The number of nitrogens with one attached hydrogen (secondary N) is 1.